The molecule has 3 nitrogen and oxygen atoms in total. The largest absolute Gasteiger partial charge is 0.397 e. The van der Waals surface area contributed by atoms with Crippen molar-refractivity contribution in [3.63, 3.8) is 0 Å². The maximum atomic E-state index is 12.5. The lowest BCUT2D eigenvalue weighted by molar-refractivity contribution is 0.0798. The van der Waals surface area contributed by atoms with Crippen molar-refractivity contribution in [2.24, 2.45) is 0 Å². The van der Waals surface area contributed by atoms with E-state index in [1.165, 1.54) is 16.9 Å². The first-order valence-electron chi connectivity index (χ1n) is 7.08. The Morgan fingerprint density at radius 2 is 2.10 bits per heavy atom. The van der Waals surface area contributed by atoms with E-state index < -0.39 is 0 Å². The highest BCUT2D eigenvalue weighted by atomic mass is 32.1. The number of carbonyl (C=O) groups excluding carboxylic acids is 1. The van der Waals surface area contributed by atoms with Gasteiger partial charge in [-0.3, -0.25) is 4.79 Å². The van der Waals surface area contributed by atoms with Gasteiger partial charge in [0.1, 0.15) is 4.88 Å². The maximum absolute atomic E-state index is 12.5. The van der Waals surface area contributed by atoms with Crippen LogP contribution in [-0.2, 0) is 0 Å². The van der Waals surface area contributed by atoms with E-state index in [4.69, 9.17) is 5.73 Å². The van der Waals surface area contributed by atoms with Crippen LogP contribution in [0, 0.1) is 6.92 Å². The van der Waals surface area contributed by atoms with Crippen LogP contribution in [0.2, 0.25) is 0 Å². The van der Waals surface area contributed by atoms with Crippen LogP contribution >= 0.6 is 11.3 Å². The van der Waals surface area contributed by atoms with Gasteiger partial charge in [0.05, 0.1) is 5.69 Å². The fraction of sp³-hybridized carbons (Fsp3) is 0.438. The van der Waals surface area contributed by atoms with Gasteiger partial charge in [-0.15, -0.1) is 11.3 Å². The number of amides is 1. The smallest absolute Gasteiger partial charge is 0.265 e. The molecule has 108 valence electrons. The molecular weight excluding hydrogens is 268 g/mol. The highest BCUT2D eigenvalue weighted by molar-refractivity contribution is 7.21. The average molecular weight is 290 g/mol. The molecule has 2 rings (SSSR count). The second-order valence-corrected chi connectivity index (χ2v) is 6.33. The Balaban J connectivity index is 2.23. The molecule has 0 aliphatic rings. The Hall–Kier alpha value is -1.55. The first-order valence-corrected chi connectivity index (χ1v) is 7.90. The summed E-state index contributed by atoms with van der Waals surface area (Å²) >= 11 is 1.50. The first-order chi connectivity index (χ1) is 9.54. The summed E-state index contributed by atoms with van der Waals surface area (Å²) in [4.78, 5) is 14.9. The van der Waals surface area contributed by atoms with Crippen molar-refractivity contribution in [2.75, 3.05) is 19.3 Å². The van der Waals surface area contributed by atoms with Gasteiger partial charge < -0.3 is 10.6 Å². The van der Waals surface area contributed by atoms with Gasteiger partial charge in [-0.05, 0) is 25.0 Å². The molecule has 0 aliphatic heterocycles. The minimum atomic E-state index is 0.0393. The molecule has 2 aromatic rings. The van der Waals surface area contributed by atoms with Gasteiger partial charge in [0, 0.05) is 23.7 Å². The number of anilines is 1. The van der Waals surface area contributed by atoms with E-state index >= 15 is 0 Å². The number of hydrogen-bond acceptors (Lipinski definition) is 3. The number of unbranched alkanes of at least 4 members (excludes halogenated alkanes) is 2. The summed E-state index contributed by atoms with van der Waals surface area (Å²) in [5, 5.41) is 0.992. The molecule has 0 bridgehead atoms. The van der Waals surface area contributed by atoms with Crippen LogP contribution in [0.3, 0.4) is 0 Å². The van der Waals surface area contributed by atoms with Gasteiger partial charge >= 0.3 is 0 Å². The lowest BCUT2D eigenvalue weighted by Gasteiger charge is -2.16. The zero-order chi connectivity index (χ0) is 14.7. The topological polar surface area (TPSA) is 46.3 Å². The molecule has 0 spiro atoms. The molecule has 0 atom stereocenters. The predicted molar refractivity (Wildman–Crippen MR) is 87.5 cm³/mol. The Morgan fingerprint density at radius 1 is 1.35 bits per heavy atom. The lowest BCUT2D eigenvalue weighted by atomic mass is 10.1. The number of hydrogen-bond donors (Lipinski definition) is 1. The van der Waals surface area contributed by atoms with Crippen LogP contribution in [0.15, 0.2) is 18.2 Å². The summed E-state index contributed by atoms with van der Waals surface area (Å²) in [7, 11) is 1.85. The highest BCUT2D eigenvalue weighted by Gasteiger charge is 2.19. The summed E-state index contributed by atoms with van der Waals surface area (Å²) in [6.45, 7) is 5.00. The standard InChI is InChI=1S/C16H22N2OS/c1-4-5-6-9-18(3)16(19)15-14(17)12-8-7-11(2)10-13(12)20-15/h7-8,10H,4-6,9,17H2,1-3H3. The van der Waals surface area contributed by atoms with Gasteiger partial charge in [-0.2, -0.15) is 0 Å². The summed E-state index contributed by atoms with van der Waals surface area (Å²) in [6.07, 6.45) is 3.35. The Labute approximate surface area is 124 Å². The molecule has 0 saturated heterocycles. The molecule has 1 aromatic carbocycles. The Kier molecular flexibility index (Phi) is 4.65. The van der Waals surface area contributed by atoms with Gasteiger partial charge in [-0.25, -0.2) is 0 Å². The molecule has 2 N–H and O–H groups in total. The van der Waals surface area contributed by atoms with E-state index in [0.717, 1.165) is 35.9 Å². The van der Waals surface area contributed by atoms with E-state index in [1.54, 1.807) is 4.90 Å². The maximum Gasteiger partial charge on any atom is 0.265 e. The average Bonchev–Trinajstić information content (AvgIpc) is 2.74. The van der Waals surface area contributed by atoms with Gasteiger partial charge in [0.25, 0.3) is 5.91 Å². The van der Waals surface area contributed by atoms with E-state index in [9.17, 15) is 4.79 Å². The SMILES string of the molecule is CCCCCN(C)C(=O)c1sc2cc(C)ccc2c1N. The summed E-state index contributed by atoms with van der Waals surface area (Å²) in [6, 6.07) is 6.12. The van der Waals surface area contributed by atoms with Crippen molar-refractivity contribution >= 4 is 33.0 Å². The molecule has 0 aliphatic carbocycles. The number of nitrogens with two attached hydrogens (primary N) is 1. The summed E-state index contributed by atoms with van der Waals surface area (Å²) < 4.78 is 1.09. The molecule has 0 fully saturated rings. The summed E-state index contributed by atoms with van der Waals surface area (Å²) in [5.41, 5.74) is 7.96. The Bertz CT molecular complexity index is 618. The quantitative estimate of drug-likeness (QED) is 0.844. The second kappa shape index (κ2) is 6.27. The van der Waals surface area contributed by atoms with Crippen LogP contribution < -0.4 is 5.73 Å². The van der Waals surface area contributed by atoms with E-state index in [2.05, 4.69) is 13.0 Å². The van der Waals surface area contributed by atoms with E-state index in [1.807, 2.05) is 26.1 Å². The van der Waals surface area contributed by atoms with Crippen LogP contribution in [0.25, 0.3) is 10.1 Å². The molecule has 1 amide bonds. The van der Waals surface area contributed by atoms with Crippen LogP contribution in [0.4, 0.5) is 5.69 Å². The van der Waals surface area contributed by atoms with Crippen LogP contribution in [0.1, 0.15) is 41.4 Å². The zero-order valence-corrected chi connectivity index (χ0v) is 13.2. The van der Waals surface area contributed by atoms with Crippen molar-refractivity contribution < 1.29 is 4.79 Å². The van der Waals surface area contributed by atoms with Crippen molar-refractivity contribution in [3.05, 3.63) is 28.6 Å². The fourth-order valence-electron chi connectivity index (χ4n) is 2.26. The minimum Gasteiger partial charge on any atom is -0.397 e. The van der Waals surface area contributed by atoms with Crippen molar-refractivity contribution in [1.82, 2.24) is 4.90 Å². The Morgan fingerprint density at radius 3 is 2.80 bits per heavy atom. The molecular formula is C16H22N2OS. The number of aryl methyl sites for hydroxylation is 1. The van der Waals surface area contributed by atoms with Gasteiger partial charge in [0.15, 0.2) is 0 Å². The third-order valence-corrected chi connectivity index (χ3v) is 4.68. The molecule has 0 saturated carbocycles. The predicted octanol–water partition coefficient (Wildman–Crippen LogP) is 4.05. The molecule has 1 aromatic heterocycles. The minimum absolute atomic E-state index is 0.0393. The number of thiophene rings is 1. The van der Waals surface area contributed by atoms with E-state index in [-0.39, 0.29) is 5.91 Å². The molecule has 1 heterocycles. The number of nitrogens with zero attached hydrogens (tertiary/aromatic N) is 1. The second-order valence-electron chi connectivity index (χ2n) is 5.28. The number of carbonyl (C=O) groups is 1. The highest BCUT2D eigenvalue weighted by Crippen LogP contribution is 2.34. The normalized spacial score (nSPS) is 10.9. The number of benzene rings is 1. The lowest BCUT2D eigenvalue weighted by Crippen LogP contribution is -2.27. The number of rotatable bonds is 5. The van der Waals surface area contributed by atoms with Crippen LogP contribution in [-0.4, -0.2) is 24.4 Å². The molecule has 0 unspecified atom stereocenters. The number of nitrogen functional groups attached to an aromatic ring is 1. The number of fused-ring (bicyclic) bond motifs is 1. The van der Waals surface area contributed by atoms with Crippen molar-refractivity contribution in [1.29, 1.82) is 0 Å². The van der Waals surface area contributed by atoms with Crippen LogP contribution in [0.5, 0.6) is 0 Å². The molecule has 0 radical (unpaired) electrons. The molecule has 4 heteroatoms. The van der Waals surface area contributed by atoms with Crippen molar-refractivity contribution in [3.8, 4) is 0 Å². The van der Waals surface area contributed by atoms with Gasteiger partial charge in [0.2, 0.25) is 0 Å². The van der Waals surface area contributed by atoms with Gasteiger partial charge in [-0.1, -0.05) is 31.9 Å². The summed E-state index contributed by atoms with van der Waals surface area (Å²) in [5.74, 6) is 0.0393. The first kappa shape index (κ1) is 14.9. The third-order valence-electron chi connectivity index (χ3n) is 3.52. The van der Waals surface area contributed by atoms with E-state index in [0.29, 0.717) is 10.6 Å². The molecule has 20 heavy (non-hydrogen) atoms. The monoisotopic (exact) mass is 290 g/mol. The fourth-order valence-corrected chi connectivity index (χ4v) is 3.47. The third kappa shape index (κ3) is 2.96. The van der Waals surface area contributed by atoms with Crippen molar-refractivity contribution in [2.45, 2.75) is 33.1 Å². The zero-order valence-electron chi connectivity index (χ0n) is 12.4.